The molecule has 0 atom stereocenters. The predicted octanol–water partition coefficient (Wildman–Crippen LogP) is 5.41. The average molecular weight is 305 g/mol. The first-order valence-electron chi connectivity index (χ1n) is 7.76. The molecule has 2 aromatic rings. The molecule has 2 N–H and O–H groups in total. The maximum atomic E-state index is 6.11. The third kappa shape index (κ3) is 3.24. The third-order valence-electron chi connectivity index (χ3n) is 4.33. The number of rotatable bonds is 2. The first kappa shape index (κ1) is 14.5. The van der Waals surface area contributed by atoms with Gasteiger partial charge in [-0.3, -0.25) is 0 Å². The summed E-state index contributed by atoms with van der Waals surface area (Å²) < 4.78 is 5.61. The number of nitrogens with zero attached hydrogens (tertiary/aromatic N) is 1. The highest BCUT2D eigenvalue weighted by Gasteiger charge is 2.24. The van der Waals surface area contributed by atoms with Gasteiger partial charge in [0.05, 0.1) is 5.56 Å². The minimum atomic E-state index is 0.420. The third-order valence-corrected chi connectivity index (χ3v) is 4.57. The van der Waals surface area contributed by atoms with Crippen LogP contribution >= 0.6 is 11.6 Å². The molecule has 1 aliphatic rings. The molecule has 1 aromatic carbocycles. The van der Waals surface area contributed by atoms with E-state index in [1.807, 2.05) is 24.3 Å². The Morgan fingerprint density at radius 1 is 1.10 bits per heavy atom. The highest BCUT2D eigenvalue weighted by molar-refractivity contribution is 6.30. The molecule has 1 aliphatic carbocycles. The molecule has 112 valence electrons. The lowest BCUT2D eigenvalue weighted by Crippen LogP contribution is -2.03. The monoisotopic (exact) mass is 304 g/mol. The normalized spacial score (nSPS) is 17.4. The fourth-order valence-electron chi connectivity index (χ4n) is 3.25. The van der Waals surface area contributed by atoms with Crippen LogP contribution in [0.3, 0.4) is 0 Å². The van der Waals surface area contributed by atoms with Crippen molar-refractivity contribution in [1.29, 1.82) is 0 Å². The van der Waals surface area contributed by atoms with Crippen LogP contribution in [0.2, 0.25) is 5.02 Å². The standard InChI is InChI=1S/C17H21ClN2O/c18-14-10-6-9-13(11-14)15-16(21-20-17(15)19)12-7-4-2-1-3-5-8-12/h6,9-12H,1-5,7-8H2,(H2,19,20). The van der Waals surface area contributed by atoms with Crippen molar-refractivity contribution in [2.45, 2.75) is 50.9 Å². The Bertz CT molecular complexity index is 601. The van der Waals surface area contributed by atoms with Gasteiger partial charge < -0.3 is 10.3 Å². The van der Waals surface area contributed by atoms with Gasteiger partial charge in [-0.25, -0.2) is 0 Å². The second kappa shape index (κ2) is 6.52. The molecule has 0 saturated heterocycles. The minimum absolute atomic E-state index is 0.420. The van der Waals surface area contributed by atoms with Gasteiger partial charge in [-0.15, -0.1) is 0 Å². The SMILES string of the molecule is Nc1noc(C2CCCCCCC2)c1-c1cccc(Cl)c1. The van der Waals surface area contributed by atoms with E-state index < -0.39 is 0 Å². The number of aromatic nitrogens is 1. The van der Waals surface area contributed by atoms with Crippen molar-refractivity contribution in [2.75, 3.05) is 5.73 Å². The van der Waals surface area contributed by atoms with Crippen molar-refractivity contribution in [3.8, 4) is 11.1 Å². The maximum Gasteiger partial charge on any atom is 0.175 e. The lowest BCUT2D eigenvalue weighted by atomic mass is 9.86. The molecule has 1 heterocycles. The van der Waals surface area contributed by atoms with E-state index in [1.165, 1.54) is 32.1 Å². The number of anilines is 1. The van der Waals surface area contributed by atoms with Gasteiger partial charge in [0.15, 0.2) is 5.82 Å². The van der Waals surface area contributed by atoms with Crippen LogP contribution in [0, 0.1) is 0 Å². The Balaban J connectivity index is 1.96. The molecule has 4 heteroatoms. The zero-order chi connectivity index (χ0) is 14.7. The summed E-state index contributed by atoms with van der Waals surface area (Å²) in [6.07, 6.45) is 8.79. The number of benzene rings is 1. The molecular weight excluding hydrogens is 284 g/mol. The molecule has 0 bridgehead atoms. The first-order chi connectivity index (χ1) is 10.3. The Kier molecular flexibility index (Phi) is 4.49. The number of halogens is 1. The Labute approximate surface area is 130 Å². The molecule has 0 spiro atoms. The van der Waals surface area contributed by atoms with Crippen molar-refractivity contribution in [2.24, 2.45) is 0 Å². The molecule has 0 radical (unpaired) electrons. The summed E-state index contributed by atoms with van der Waals surface area (Å²) in [5.41, 5.74) is 7.98. The first-order valence-corrected chi connectivity index (χ1v) is 8.14. The van der Waals surface area contributed by atoms with Crippen LogP contribution in [0.25, 0.3) is 11.1 Å². The van der Waals surface area contributed by atoms with E-state index >= 15 is 0 Å². The van der Waals surface area contributed by atoms with Crippen LogP contribution in [0.1, 0.15) is 56.6 Å². The van der Waals surface area contributed by atoms with Crippen LogP contribution in [-0.2, 0) is 0 Å². The number of nitrogen functional groups attached to an aromatic ring is 1. The van der Waals surface area contributed by atoms with Crippen LogP contribution in [-0.4, -0.2) is 5.16 Å². The van der Waals surface area contributed by atoms with Gasteiger partial charge in [0.25, 0.3) is 0 Å². The maximum absolute atomic E-state index is 6.11. The Morgan fingerprint density at radius 3 is 2.52 bits per heavy atom. The van der Waals surface area contributed by atoms with Gasteiger partial charge in [0.2, 0.25) is 0 Å². The summed E-state index contributed by atoms with van der Waals surface area (Å²) in [7, 11) is 0. The van der Waals surface area contributed by atoms with E-state index in [0.717, 1.165) is 29.7 Å². The lowest BCUT2D eigenvalue weighted by molar-refractivity contribution is 0.332. The van der Waals surface area contributed by atoms with Crippen LogP contribution in [0.15, 0.2) is 28.8 Å². The van der Waals surface area contributed by atoms with E-state index in [2.05, 4.69) is 5.16 Å². The van der Waals surface area contributed by atoms with Crippen molar-refractivity contribution in [3.05, 3.63) is 35.0 Å². The second-order valence-electron chi connectivity index (χ2n) is 5.86. The van der Waals surface area contributed by atoms with E-state index in [0.29, 0.717) is 16.8 Å². The number of hydrogen-bond donors (Lipinski definition) is 1. The van der Waals surface area contributed by atoms with Gasteiger partial charge in [-0.1, -0.05) is 61.0 Å². The van der Waals surface area contributed by atoms with Crippen LogP contribution < -0.4 is 5.73 Å². The van der Waals surface area contributed by atoms with Gasteiger partial charge >= 0.3 is 0 Å². The summed E-state index contributed by atoms with van der Waals surface area (Å²) in [6, 6.07) is 7.74. The van der Waals surface area contributed by atoms with Gasteiger partial charge in [0, 0.05) is 10.9 Å². The van der Waals surface area contributed by atoms with Crippen molar-refractivity contribution < 1.29 is 4.52 Å². The molecule has 1 fully saturated rings. The summed E-state index contributed by atoms with van der Waals surface area (Å²) in [6.45, 7) is 0. The zero-order valence-corrected chi connectivity index (χ0v) is 12.9. The second-order valence-corrected chi connectivity index (χ2v) is 6.30. The van der Waals surface area contributed by atoms with Crippen molar-refractivity contribution >= 4 is 17.4 Å². The molecule has 1 aromatic heterocycles. The van der Waals surface area contributed by atoms with Crippen molar-refractivity contribution in [1.82, 2.24) is 5.16 Å². The quantitative estimate of drug-likeness (QED) is 0.807. The van der Waals surface area contributed by atoms with Crippen LogP contribution in [0.5, 0.6) is 0 Å². The number of nitrogens with two attached hydrogens (primary N) is 1. The molecular formula is C17H21ClN2O. The number of hydrogen-bond acceptors (Lipinski definition) is 3. The average Bonchev–Trinajstić information content (AvgIpc) is 2.80. The fraction of sp³-hybridized carbons (Fsp3) is 0.471. The molecule has 3 nitrogen and oxygen atoms in total. The van der Waals surface area contributed by atoms with E-state index in [4.69, 9.17) is 21.9 Å². The van der Waals surface area contributed by atoms with Crippen LogP contribution in [0.4, 0.5) is 5.82 Å². The molecule has 0 aliphatic heterocycles. The summed E-state index contributed by atoms with van der Waals surface area (Å²) in [5.74, 6) is 1.83. The van der Waals surface area contributed by atoms with E-state index in [1.54, 1.807) is 0 Å². The summed E-state index contributed by atoms with van der Waals surface area (Å²) in [5, 5.41) is 4.72. The summed E-state index contributed by atoms with van der Waals surface area (Å²) >= 11 is 6.11. The van der Waals surface area contributed by atoms with Gasteiger partial charge in [0.1, 0.15) is 5.76 Å². The predicted molar refractivity (Wildman–Crippen MR) is 86.4 cm³/mol. The van der Waals surface area contributed by atoms with E-state index in [-0.39, 0.29) is 0 Å². The lowest BCUT2D eigenvalue weighted by Gasteiger charge is -2.18. The topological polar surface area (TPSA) is 52.0 Å². The Morgan fingerprint density at radius 2 is 1.81 bits per heavy atom. The molecule has 3 rings (SSSR count). The molecule has 1 saturated carbocycles. The molecule has 0 unspecified atom stereocenters. The fourth-order valence-corrected chi connectivity index (χ4v) is 3.44. The largest absolute Gasteiger partial charge is 0.380 e. The molecule has 0 amide bonds. The van der Waals surface area contributed by atoms with E-state index in [9.17, 15) is 0 Å². The van der Waals surface area contributed by atoms with Gasteiger partial charge in [-0.05, 0) is 30.5 Å². The smallest absolute Gasteiger partial charge is 0.175 e. The molecule has 21 heavy (non-hydrogen) atoms. The summed E-state index contributed by atoms with van der Waals surface area (Å²) in [4.78, 5) is 0. The van der Waals surface area contributed by atoms with Gasteiger partial charge in [-0.2, -0.15) is 0 Å². The zero-order valence-electron chi connectivity index (χ0n) is 12.1. The highest BCUT2D eigenvalue weighted by atomic mass is 35.5. The Hall–Kier alpha value is -1.48. The minimum Gasteiger partial charge on any atom is -0.380 e. The highest BCUT2D eigenvalue weighted by Crippen LogP contribution is 2.40. The van der Waals surface area contributed by atoms with Crippen molar-refractivity contribution in [3.63, 3.8) is 0 Å².